The summed E-state index contributed by atoms with van der Waals surface area (Å²) in [6, 6.07) is 0. The zero-order chi connectivity index (χ0) is 37.7. The summed E-state index contributed by atoms with van der Waals surface area (Å²) in [5.41, 5.74) is 2.58. The number of aliphatic carboxylic acids is 1. The first-order valence-corrected chi connectivity index (χ1v) is 22.8. The van der Waals surface area contributed by atoms with E-state index in [0.29, 0.717) is 36.0 Å². The number of allylic oxidation sites excluding steroid dienone is 5. The predicted octanol–water partition coefficient (Wildman–Crippen LogP) is 8.93. The van der Waals surface area contributed by atoms with Gasteiger partial charge in [-0.05, 0) is 166 Å². The van der Waals surface area contributed by atoms with Crippen molar-refractivity contribution in [2.45, 2.75) is 148 Å². The highest BCUT2D eigenvalue weighted by atomic mass is 32.2. The number of fused-ring (bicyclic) bond motifs is 7. The third-order valence-electron chi connectivity index (χ3n) is 17.9. The molecule has 0 aromatic heterocycles. The summed E-state index contributed by atoms with van der Waals surface area (Å²) < 4.78 is 39.3. The number of nitrogens with one attached hydrogen (secondary N) is 1. The van der Waals surface area contributed by atoms with Crippen molar-refractivity contribution in [2.24, 2.45) is 51.2 Å². The maximum atomic E-state index is 15.0. The molecule has 8 heteroatoms. The minimum atomic E-state index is -2.96. The minimum absolute atomic E-state index is 0.0276. The molecule has 6 nitrogen and oxygen atoms in total. The number of piperidine rings is 1. The van der Waals surface area contributed by atoms with E-state index in [2.05, 4.69) is 64.4 Å². The predicted molar refractivity (Wildman–Crippen MR) is 208 cm³/mol. The molecule has 0 radical (unpaired) electrons. The molecule has 4 unspecified atom stereocenters. The second-order valence-corrected chi connectivity index (χ2v) is 22.7. The van der Waals surface area contributed by atoms with E-state index in [1.165, 1.54) is 74.3 Å². The Balaban J connectivity index is 1.11. The lowest BCUT2D eigenvalue weighted by atomic mass is 9.33. The normalized spacial score (nSPS) is 45.1. The van der Waals surface area contributed by atoms with Gasteiger partial charge in [-0.25, -0.2) is 17.6 Å². The van der Waals surface area contributed by atoms with Crippen molar-refractivity contribution in [1.82, 2.24) is 10.2 Å². The first kappa shape index (κ1) is 38.8. The zero-order valence-corrected chi connectivity index (χ0v) is 34.3. The number of carboxylic acid groups (broad SMARTS) is 1. The number of sulfone groups is 1. The molecule has 0 spiro atoms. The van der Waals surface area contributed by atoms with Gasteiger partial charge in [-0.1, -0.05) is 58.9 Å². The van der Waals surface area contributed by atoms with Gasteiger partial charge in [0.05, 0.1) is 5.25 Å². The summed E-state index contributed by atoms with van der Waals surface area (Å²) in [7, 11) is -2.96. The number of nitrogens with zero attached hydrogens (tertiary/aromatic N) is 1. The first-order valence-electron chi connectivity index (χ1n) is 20.9. The Hall–Kier alpha value is -1.51. The standard InChI is InChI=1S/C44H69FN2O4S/c1-29(2)32-13-22-44(46-25-28-47-26-16-31(17-27-47)52(8,50)51)24-23-41(6)34(37(32)44)9-10-36-40(5)18-14-33(30-11-20-43(45,21-12-30)38(48)49)39(3,4)35(40)15-19-42(36,41)7/h11,14,31-32,34-37,46H,1,9-10,12-13,15-28H2,2-8H3,(H,48,49)/t32-,34+,35?,36?,37?,40-,41+,42+,43?,44-/m0/s1. The van der Waals surface area contributed by atoms with Crippen molar-refractivity contribution in [2.75, 3.05) is 32.4 Å². The fourth-order valence-corrected chi connectivity index (χ4v) is 16.0. The van der Waals surface area contributed by atoms with E-state index in [4.69, 9.17) is 0 Å². The average molecular weight is 741 g/mol. The van der Waals surface area contributed by atoms with Crippen LogP contribution in [0, 0.1) is 51.2 Å². The minimum Gasteiger partial charge on any atom is -0.479 e. The third-order valence-corrected chi connectivity index (χ3v) is 19.6. The van der Waals surface area contributed by atoms with Gasteiger partial charge in [0.2, 0.25) is 5.67 Å². The van der Waals surface area contributed by atoms with Gasteiger partial charge in [0.25, 0.3) is 0 Å². The largest absolute Gasteiger partial charge is 0.479 e. The number of carboxylic acids is 1. The number of likely N-dealkylation sites (tertiary alicyclic amines) is 1. The van der Waals surface area contributed by atoms with Crippen LogP contribution in [0.2, 0.25) is 0 Å². The molecule has 1 saturated heterocycles. The van der Waals surface area contributed by atoms with Gasteiger partial charge in [-0.3, -0.25) is 0 Å². The maximum Gasteiger partial charge on any atom is 0.341 e. The maximum absolute atomic E-state index is 15.0. The van der Waals surface area contributed by atoms with Crippen LogP contribution in [0.5, 0.6) is 0 Å². The number of carbonyl (C=O) groups is 1. The van der Waals surface area contributed by atoms with E-state index in [0.717, 1.165) is 45.4 Å². The van der Waals surface area contributed by atoms with Crippen LogP contribution in [0.3, 0.4) is 0 Å². The van der Waals surface area contributed by atoms with Crippen molar-refractivity contribution in [3.63, 3.8) is 0 Å². The number of rotatable bonds is 8. The summed E-state index contributed by atoms with van der Waals surface area (Å²) in [6.07, 6.45) is 18.9. The van der Waals surface area contributed by atoms with Crippen LogP contribution in [-0.2, 0) is 14.6 Å². The smallest absolute Gasteiger partial charge is 0.341 e. The monoisotopic (exact) mass is 740 g/mol. The summed E-state index contributed by atoms with van der Waals surface area (Å²) in [5.74, 6) is 1.68. The van der Waals surface area contributed by atoms with E-state index in [1.54, 1.807) is 0 Å². The third kappa shape index (κ3) is 5.87. The molecular weight excluding hydrogens is 672 g/mol. The molecule has 6 aliphatic carbocycles. The van der Waals surface area contributed by atoms with E-state index in [9.17, 15) is 18.3 Å². The van der Waals surface area contributed by atoms with Crippen molar-refractivity contribution < 1.29 is 22.7 Å². The lowest BCUT2D eigenvalue weighted by Gasteiger charge is -2.72. The fraction of sp³-hybridized carbons (Fsp3) is 0.841. The van der Waals surface area contributed by atoms with Gasteiger partial charge in [0, 0.05) is 31.3 Å². The molecule has 292 valence electrons. The molecule has 0 amide bonds. The summed E-state index contributed by atoms with van der Waals surface area (Å²) in [6.45, 7) is 23.4. The lowest BCUT2D eigenvalue weighted by molar-refractivity contribution is -0.221. The van der Waals surface area contributed by atoms with E-state index in [-0.39, 0.29) is 45.3 Å². The Bertz CT molecular complexity index is 1630. The van der Waals surface area contributed by atoms with Crippen LogP contribution in [0.1, 0.15) is 131 Å². The van der Waals surface area contributed by atoms with Crippen LogP contribution in [0.4, 0.5) is 4.39 Å². The lowest BCUT2D eigenvalue weighted by Crippen LogP contribution is -2.68. The molecule has 4 saturated carbocycles. The number of hydrogen-bond acceptors (Lipinski definition) is 5. The van der Waals surface area contributed by atoms with Crippen LogP contribution >= 0.6 is 0 Å². The number of alkyl halides is 1. The summed E-state index contributed by atoms with van der Waals surface area (Å²) in [5, 5.41) is 13.6. The Morgan fingerprint density at radius 3 is 2.25 bits per heavy atom. The van der Waals surface area contributed by atoms with Gasteiger partial charge in [0.15, 0.2) is 0 Å². The molecule has 2 N–H and O–H groups in total. The van der Waals surface area contributed by atoms with Crippen LogP contribution < -0.4 is 5.32 Å². The second-order valence-electron chi connectivity index (χ2n) is 20.4. The van der Waals surface area contributed by atoms with Gasteiger partial charge >= 0.3 is 5.97 Å². The van der Waals surface area contributed by atoms with Crippen LogP contribution in [0.15, 0.2) is 35.5 Å². The number of hydrogen-bond donors (Lipinski definition) is 2. The summed E-state index contributed by atoms with van der Waals surface area (Å²) >= 11 is 0. The number of halogens is 1. The van der Waals surface area contributed by atoms with Crippen molar-refractivity contribution >= 4 is 15.8 Å². The van der Waals surface area contributed by atoms with Gasteiger partial charge in [-0.2, -0.15) is 0 Å². The van der Waals surface area contributed by atoms with Crippen molar-refractivity contribution in [3.05, 3.63) is 35.5 Å². The molecule has 7 rings (SSSR count). The molecule has 0 aromatic rings. The molecule has 1 aliphatic heterocycles. The topological polar surface area (TPSA) is 86.7 Å². The molecule has 52 heavy (non-hydrogen) atoms. The molecule has 0 bridgehead atoms. The molecule has 0 aromatic carbocycles. The van der Waals surface area contributed by atoms with Gasteiger partial charge < -0.3 is 15.3 Å². The quantitative estimate of drug-likeness (QED) is 0.242. The molecule has 1 heterocycles. The Labute approximate surface area is 314 Å². The highest BCUT2D eigenvalue weighted by molar-refractivity contribution is 7.91. The Morgan fingerprint density at radius 1 is 0.923 bits per heavy atom. The van der Waals surface area contributed by atoms with E-state index in [1.807, 2.05) is 6.08 Å². The SMILES string of the molecule is C=C(C)[C@@H]1CC[C@]2(NCCN3CCC(S(C)(=O)=O)CC3)CC[C@]3(C)[C@H](CCC4[C@@]5(C)CC=C(C6=CCC(F)(C(=O)O)CC6)C(C)(C)C5CC[C@]43C)C12. The van der Waals surface area contributed by atoms with Crippen molar-refractivity contribution in [1.29, 1.82) is 0 Å². The van der Waals surface area contributed by atoms with Gasteiger partial charge in [0.1, 0.15) is 9.84 Å². The van der Waals surface area contributed by atoms with Crippen molar-refractivity contribution in [3.8, 4) is 0 Å². The van der Waals surface area contributed by atoms with Gasteiger partial charge in [-0.15, -0.1) is 0 Å². The van der Waals surface area contributed by atoms with Crippen LogP contribution in [0.25, 0.3) is 0 Å². The molecule has 7 aliphatic rings. The van der Waals surface area contributed by atoms with Crippen LogP contribution in [-0.4, -0.2) is 73.3 Å². The second kappa shape index (κ2) is 13.0. The Morgan fingerprint density at radius 2 is 1.63 bits per heavy atom. The molecule has 10 atom stereocenters. The zero-order valence-electron chi connectivity index (χ0n) is 33.5. The highest BCUT2D eigenvalue weighted by Gasteiger charge is 2.70. The van der Waals surface area contributed by atoms with E-state index < -0.39 is 21.5 Å². The Kier molecular flexibility index (Phi) is 9.71. The van der Waals surface area contributed by atoms with E-state index >= 15 is 4.39 Å². The average Bonchev–Trinajstić information content (AvgIpc) is 3.45. The summed E-state index contributed by atoms with van der Waals surface area (Å²) in [4.78, 5) is 14.1. The first-order chi connectivity index (χ1) is 24.2. The molecule has 5 fully saturated rings. The highest BCUT2D eigenvalue weighted by Crippen LogP contribution is 2.76. The molecular formula is C44H69FN2O4S. The fourth-order valence-electron chi connectivity index (χ4n) is 14.9.